The van der Waals surface area contributed by atoms with Crippen LogP contribution in [0.2, 0.25) is 0 Å². The molecule has 1 amide bonds. The minimum Gasteiger partial charge on any atom is -0.459 e. The van der Waals surface area contributed by atoms with Crippen LogP contribution in [-0.4, -0.2) is 25.5 Å². The van der Waals surface area contributed by atoms with Crippen molar-refractivity contribution in [2.45, 2.75) is 6.92 Å². The van der Waals surface area contributed by atoms with Gasteiger partial charge in [0.2, 0.25) is 5.95 Å². The lowest BCUT2D eigenvalue weighted by Gasteiger charge is -1.96. The van der Waals surface area contributed by atoms with E-state index in [1.165, 1.54) is 18.4 Å². The summed E-state index contributed by atoms with van der Waals surface area (Å²) < 4.78 is 6.09. The number of aryl methyl sites for hydroxylation is 1. The summed E-state index contributed by atoms with van der Waals surface area (Å²) >= 11 is 0. The van der Waals surface area contributed by atoms with Crippen molar-refractivity contribution in [1.29, 1.82) is 0 Å². The summed E-state index contributed by atoms with van der Waals surface area (Å²) in [6.45, 7) is 1.69. The predicted molar refractivity (Wildman–Crippen MR) is 65.0 cm³/mol. The first-order chi connectivity index (χ1) is 9.13. The van der Waals surface area contributed by atoms with Crippen LogP contribution in [0.15, 0.2) is 33.7 Å². The van der Waals surface area contributed by atoms with Gasteiger partial charge in [0, 0.05) is 11.8 Å². The van der Waals surface area contributed by atoms with Gasteiger partial charge in [-0.05, 0) is 19.1 Å². The Kier molecular flexibility index (Phi) is 2.41. The zero-order chi connectivity index (χ0) is 13.4. The number of anilines is 1. The summed E-state index contributed by atoms with van der Waals surface area (Å²) in [5.41, 5.74) is 0.258. The Labute approximate surface area is 106 Å². The maximum Gasteiger partial charge on any atom is 0.293 e. The van der Waals surface area contributed by atoms with Crippen molar-refractivity contribution >= 4 is 17.6 Å². The highest BCUT2D eigenvalue weighted by molar-refractivity contribution is 6.01. The second kappa shape index (κ2) is 4.09. The zero-order valence-corrected chi connectivity index (χ0v) is 9.88. The van der Waals surface area contributed by atoms with Crippen molar-refractivity contribution in [2.75, 3.05) is 5.32 Å². The third-order valence-corrected chi connectivity index (χ3v) is 2.44. The van der Waals surface area contributed by atoms with Gasteiger partial charge in [-0.15, -0.1) is 0 Å². The molecular formula is C11H9N5O3. The number of carbonyl (C=O) groups excluding carboxylic acids is 1. The van der Waals surface area contributed by atoms with Gasteiger partial charge in [0.1, 0.15) is 0 Å². The van der Waals surface area contributed by atoms with Gasteiger partial charge in [-0.3, -0.25) is 20.0 Å². The molecule has 96 valence electrons. The molecule has 0 atom stereocenters. The number of carbonyl (C=O) groups is 1. The molecule has 0 aromatic carbocycles. The van der Waals surface area contributed by atoms with E-state index in [1.807, 2.05) is 0 Å². The molecule has 19 heavy (non-hydrogen) atoms. The Morgan fingerprint density at radius 1 is 1.47 bits per heavy atom. The standard InChI is InChI=1S/C11H9N5O3/c1-6-5-8(17)16-11(12-6)14-10(15-16)13-9(18)7-3-2-4-19-7/h2-5H,1H3,(H2,12,13,14,15,18). The Hall–Kier alpha value is -2.90. The van der Waals surface area contributed by atoms with Gasteiger partial charge in [0.25, 0.3) is 17.2 Å². The quantitative estimate of drug-likeness (QED) is 0.700. The van der Waals surface area contributed by atoms with Crippen LogP contribution in [0.25, 0.3) is 5.78 Å². The normalized spacial score (nSPS) is 10.8. The van der Waals surface area contributed by atoms with Crippen molar-refractivity contribution in [1.82, 2.24) is 19.6 Å². The number of nitrogens with one attached hydrogen (secondary N) is 2. The molecule has 0 spiro atoms. The summed E-state index contributed by atoms with van der Waals surface area (Å²) in [6.07, 6.45) is 1.39. The van der Waals surface area contributed by atoms with Gasteiger partial charge in [-0.2, -0.15) is 9.50 Å². The number of furan rings is 1. The highest BCUT2D eigenvalue weighted by Gasteiger charge is 2.12. The fourth-order valence-electron chi connectivity index (χ4n) is 1.63. The largest absolute Gasteiger partial charge is 0.459 e. The van der Waals surface area contributed by atoms with Crippen molar-refractivity contribution in [2.24, 2.45) is 0 Å². The topological polar surface area (TPSA) is 105 Å². The van der Waals surface area contributed by atoms with Gasteiger partial charge >= 0.3 is 0 Å². The molecule has 0 bridgehead atoms. The van der Waals surface area contributed by atoms with Crippen LogP contribution in [0.1, 0.15) is 16.2 Å². The molecule has 0 saturated carbocycles. The van der Waals surface area contributed by atoms with Crippen LogP contribution in [0.3, 0.4) is 0 Å². The van der Waals surface area contributed by atoms with Crippen LogP contribution in [0.5, 0.6) is 0 Å². The summed E-state index contributed by atoms with van der Waals surface area (Å²) in [5, 5.41) is 5.12. The predicted octanol–water partition coefficient (Wildman–Crippen LogP) is 0.571. The molecule has 8 heteroatoms. The van der Waals surface area contributed by atoms with Gasteiger partial charge in [-0.25, -0.2) is 4.98 Å². The van der Waals surface area contributed by atoms with Gasteiger partial charge < -0.3 is 4.42 Å². The monoisotopic (exact) mass is 259 g/mol. The van der Waals surface area contributed by atoms with Crippen LogP contribution in [0, 0.1) is 6.92 Å². The molecule has 0 fully saturated rings. The molecule has 2 N–H and O–H groups in total. The fraction of sp³-hybridized carbons (Fsp3) is 0.0909. The first-order valence-corrected chi connectivity index (χ1v) is 5.45. The maximum absolute atomic E-state index is 11.7. The van der Waals surface area contributed by atoms with Crippen LogP contribution >= 0.6 is 0 Å². The Balaban J connectivity index is 1.96. The second-order valence-corrected chi connectivity index (χ2v) is 3.87. The molecule has 3 heterocycles. The van der Waals surface area contributed by atoms with Crippen LogP contribution in [-0.2, 0) is 0 Å². The summed E-state index contributed by atoms with van der Waals surface area (Å²) in [7, 11) is 0. The lowest BCUT2D eigenvalue weighted by molar-refractivity contribution is 0.0996. The van der Waals surface area contributed by atoms with E-state index in [2.05, 4.69) is 20.4 Å². The first kappa shape index (κ1) is 11.2. The van der Waals surface area contributed by atoms with Gasteiger partial charge in [-0.1, -0.05) is 0 Å². The van der Waals surface area contributed by atoms with Crippen molar-refractivity contribution in [3.63, 3.8) is 0 Å². The van der Waals surface area contributed by atoms with Crippen molar-refractivity contribution in [3.8, 4) is 0 Å². The number of hydrogen-bond donors (Lipinski definition) is 2. The molecule has 0 saturated heterocycles. The smallest absolute Gasteiger partial charge is 0.293 e. The van der Waals surface area contributed by atoms with E-state index >= 15 is 0 Å². The molecule has 0 aliphatic heterocycles. The molecule has 0 aliphatic rings. The molecule has 0 radical (unpaired) electrons. The molecular weight excluding hydrogens is 250 g/mol. The molecule has 8 nitrogen and oxygen atoms in total. The highest BCUT2D eigenvalue weighted by Crippen LogP contribution is 2.05. The number of hydrogen-bond acceptors (Lipinski definition) is 5. The number of fused-ring (bicyclic) bond motifs is 1. The van der Waals surface area contributed by atoms with E-state index in [4.69, 9.17) is 4.42 Å². The SMILES string of the molecule is Cc1cc(=O)n2[nH]c(NC(=O)c3ccco3)nc2n1. The molecule has 0 aliphatic carbocycles. The summed E-state index contributed by atoms with van der Waals surface area (Å²) in [4.78, 5) is 31.5. The third-order valence-electron chi connectivity index (χ3n) is 2.44. The lowest BCUT2D eigenvalue weighted by atomic mass is 10.4. The maximum atomic E-state index is 11.7. The summed E-state index contributed by atoms with van der Waals surface area (Å²) in [5.74, 6) is 0.00196. The minimum absolute atomic E-state index is 0.122. The molecule has 3 aromatic rings. The minimum atomic E-state index is -0.464. The van der Waals surface area contributed by atoms with E-state index in [0.29, 0.717) is 5.69 Å². The van der Waals surface area contributed by atoms with Crippen molar-refractivity contribution in [3.05, 3.63) is 46.3 Å². The van der Waals surface area contributed by atoms with E-state index in [1.54, 1.807) is 13.0 Å². The third kappa shape index (κ3) is 1.99. The molecule has 3 rings (SSSR count). The van der Waals surface area contributed by atoms with Crippen LogP contribution < -0.4 is 10.9 Å². The van der Waals surface area contributed by atoms with Gasteiger partial charge in [0.05, 0.1) is 6.26 Å². The van der Waals surface area contributed by atoms with Crippen molar-refractivity contribution < 1.29 is 9.21 Å². The number of rotatable bonds is 2. The second-order valence-electron chi connectivity index (χ2n) is 3.87. The average molecular weight is 259 g/mol. The number of aromatic amines is 1. The van der Waals surface area contributed by atoms with E-state index in [-0.39, 0.29) is 23.0 Å². The Morgan fingerprint density at radius 2 is 2.32 bits per heavy atom. The number of amides is 1. The highest BCUT2D eigenvalue weighted by atomic mass is 16.3. The molecule has 0 unspecified atom stereocenters. The zero-order valence-electron chi connectivity index (χ0n) is 9.88. The molecule has 3 aromatic heterocycles. The number of H-pyrrole nitrogens is 1. The lowest BCUT2D eigenvalue weighted by Crippen LogP contribution is -2.15. The fourth-order valence-corrected chi connectivity index (χ4v) is 1.63. The number of aromatic nitrogens is 4. The van der Waals surface area contributed by atoms with E-state index < -0.39 is 5.91 Å². The Morgan fingerprint density at radius 3 is 3.05 bits per heavy atom. The van der Waals surface area contributed by atoms with E-state index in [0.717, 1.165) is 4.52 Å². The van der Waals surface area contributed by atoms with E-state index in [9.17, 15) is 9.59 Å². The first-order valence-electron chi connectivity index (χ1n) is 5.45. The Bertz CT molecular complexity index is 799. The summed E-state index contributed by atoms with van der Waals surface area (Å²) in [6, 6.07) is 4.48. The average Bonchev–Trinajstić information content (AvgIpc) is 2.96. The van der Waals surface area contributed by atoms with Gasteiger partial charge in [0.15, 0.2) is 5.76 Å². The van der Waals surface area contributed by atoms with Crippen LogP contribution in [0.4, 0.5) is 5.95 Å². The number of nitrogens with zero attached hydrogens (tertiary/aromatic N) is 3.